The van der Waals surface area contributed by atoms with E-state index in [9.17, 15) is 4.79 Å². The van der Waals surface area contributed by atoms with Gasteiger partial charge in [-0.3, -0.25) is 4.90 Å². The zero-order chi connectivity index (χ0) is 19.0. The second-order valence-electron chi connectivity index (χ2n) is 7.84. The maximum Gasteiger partial charge on any atom is 0.337 e. The lowest BCUT2D eigenvalue weighted by atomic mass is 9.81. The summed E-state index contributed by atoms with van der Waals surface area (Å²) in [5.74, 6) is -0.128. The third-order valence-electron chi connectivity index (χ3n) is 5.87. The Morgan fingerprint density at radius 3 is 2.89 bits per heavy atom. The van der Waals surface area contributed by atoms with Crippen LogP contribution in [0.25, 0.3) is 10.9 Å². The molecule has 144 valence electrons. The summed E-state index contributed by atoms with van der Waals surface area (Å²) >= 11 is 0. The minimum atomic E-state index is -0.276. The van der Waals surface area contributed by atoms with Crippen molar-refractivity contribution in [1.29, 1.82) is 0 Å². The third-order valence-corrected chi connectivity index (χ3v) is 5.87. The minimum absolute atomic E-state index is 0.0414. The predicted octanol–water partition coefficient (Wildman–Crippen LogP) is 3.96. The van der Waals surface area contributed by atoms with Gasteiger partial charge in [0.05, 0.1) is 31.1 Å². The molecule has 1 saturated heterocycles. The van der Waals surface area contributed by atoms with E-state index in [1.807, 2.05) is 13.8 Å². The summed E-state index contributed by atoms with van der Waals surface area (Å²) in [6, 6.07) is 8.85. The number of methoxy groups -OCH3 is 1. The summed E-state index contributed by atoms with van der Waals surface area (Å²) in [5, 5.41) is 1.33. The summed E-state index contributed by atoms with van der Waals surface area (Å²) in [4.78, 5) is 18.6. The molecule has 5 nitrogen and oxygen atoms in total. The molecule has 1 aromatic carbocycles. The molecule has 2 aromatic rings. The van der Waals surface area contributed by atoms with E-state index >= 15 is 0 Å². The van der Waals surface area contributed by atoms with E-state index in [1.165, 1.54) is 29.3 Å². The highest BCUT2D eigenvalue weighted by atomic mass is 16.5. The number of fused-ring (bicyclic) bond motifs is 5. The zero-order valence-corrected chi connectivity index (χ0v) is 16.3. The van der Waals surface area contributed by atoms with Crippen LogP contribution in [0.5, 0.6) is 0 Å². The van der Waals surface area contributed by atoms with Crippen molar-refractivity contribution in [3.8, 4) is 0 Å². The number of hydrogen-bond donors (Lipinski definition) is 1. The number of aromatic amines is 1. The lowest BCUT2D eigenvalue weighted by Gasteiger charge is -2.42. The monoisotopic (exact) mass is 368 g/mol. The Hall–Kier alpha value is -2.27. The Labute approximate surface area is 160 Å². The van der Waals surface area contributed by atoms with Crippen molar-refractivity contribution in [3.63, 3.8) is 0 Å². The number of nitrogens with zero attached hydrogens (tertiary/aromatic N) is 1. The van der Waals surface area contributed by atoms with Crippen LogP contribution in [0.4, 0.5) is 0 Å². The van der Waals surface area contributed by atoms with E-state index in [0.29, 0.717) is 11.6 Å². The quantitative estimate of drug-likeness (QED) is 0.504. The number of piperidine rings is 1. The Balaban J connectivity index is 1.65. The van der Waals surface area contributed by atoms with E-state index in [2.05, 4.69) is 34.1 Å². The van der Waals surface area contributed by atoms with Crippen LogP contribution in [0.2, 0.25) is 0 Å². The molecule has 3 heterocycles. The number of benzene rings is 1. The topological polar surface area (TPSA) is 54.6 Å². The zero-order valence-electron chi connectivity index (χ0n) is 16.3. The molecule has 2 unspecified atom stereocenters. The first-order valence-electron chi connectivity index (χ1n) is 9.85. The number of esters is 1. The molecule has 0 bridgehead atoms. The van der Waals surface area contributed by atoms with Crippen LogP contribution in [0.15, 0.2) is 36.1 Å². The summed E-state index contributed by atoms with van der Waals surface area (Å²) in [6.45, 7) is 5.99. The molecule has 1 aromatic heterocycles. The fourth-order valence-corrected chi connectivity index (χ4v) is 4.53. The maximum atomic E-state index is 12.4. The average molecular weight is 368 g/mol. The van der Waals surface area contributed by atoms with Crippen molar-refractivity contribution in [1.82, 2.24) is 9.88 Å². The van der Waals surface area contributed by atoms with Gasteiger partial charge in [-0.2, -0.15) is 0 Å². The van der Waals surface area contributed by atoms with Gasteiger partial charge in [-0.05, 0) is 57.2 Å². The fourth-order valence-electron chi connectivity index (χ4n) is 4.53. The Morgan fingerprint density at radius 1 is 1.30 bits per heavy atom. The van der Waals surface area contributed by atoms with Crippen LogP contribution in [0.3, 0.4) is 0 Å². The van der Waals surface area contributed by atoms with E-state index in [-0.39, 0.29) is 18.0 Å². The minimum Gasteiger partial charge on any atom is -0.498 e. The lowest BCUT2D eigenvalue weighted by molar-refractivity contribution is -0.137. The maximum absolute atomic E-state index is 12.4. The number of carbonyl (C=O) groups excluding carboxylic acids is 1. The molecule has 1 fully saturated rings. The molecule has 5 heteroatoms. The molecule has 0 aliphatic carbocycles. The number of hydrogen-bond acceptors (Lipinski definition) is 4. The number of H-pyrrole nitrogens is 1. The molecule has 0 saturated carbocycles. The van der Waals surface area contributed by atoms with Gasteiger partial charge in [0.2, 0.25) is 0 Å². The van der Waals surface area contributed by atoms with E-state index < -0.39 is 0 Å². The van der Waals surface area contributed by atoms with Gasteiger partial charge >= 0.3 is 5.97 Å². The van der Waals surface area contributed by atoms with E-state index in [4.69, 9.17) is 9.47 Å². The van der Waals surface area contributed by atoms with Gasteiger partial charge in [-0.15, -0.1) is 0 Å². The smallest absolute Gasteiger partial charge is 0.337 e. The molecule has 0 radical (unpaired) electrons. The Morgan fingerprint density at radius 2 is 2.11 bits per heavy atom. The number of aromatic nitrogens is 1. The predicted molar refractivity (Wildman–Crippen MR) is 105 cm³/mol. The highest BCUT2D eigenvalue weighted by Crippen LogP contribution is 2.43. The summed E-state index contributed by atoms with van der Waals surface area (Å²) in [7, 11) is 1.44. The van der Waals surface area contributed by atoms with Crippen molar-refractivity contribution in [3.05, 3.63) is 47.4 Å². The van der Waals surface area contributed by atoms with Crippen molar-refractivity contribution < 1.29 is 14.3 Å². The molecule has 0 amide bonds. The molecule has 2 aliphatic heterocycles. The third kappa shape index (κ3) is 3.36. The second kappa shape index (κ2) is 7.39. The van der Waals surface area contributed by atoms with Crippen molar-refractivity contribution in [2.45, 2.75) is 45.3 Å². The summed E-state index contributed by atoms with van der Waals surface area (Å²) in [5.41, 5.74) is 4.63. The number of rotatable bonds is 4. The van der Waals surface area contributed by atoms with Gasteiger partial charge in [0.1, 0.15) is 0 Å². The first-order valence-corrected chi connectivity index (χ1v) is 9.85. The molecule has 4 rings (SSSR count). The van der Waals surface area contributed by atoms with Gasteiger partial charge in [-0.1, -0.05) is 18.2 Å². The van der Waals surface area contributed by atoms with Crippen molar-refractivity contribution in [2.75, 3.05) is 20.2 Å². The normalized spacial score (nSPS) is 23.2. The number of carbonyl (C=O) groups is 1. The molecular formula is C22H28N2O3. The van der Waals surface area contributed by atoms with Gasteiger partial charge in [0.25, 0.3) is 0 Å². The first-order chi connectivity index (χ1) is 13.1. The number of nitrogens with one attached hydrogen (secondary N) is 1. The average Bonchev–Trinajstić information content (AvgIpc) is 3.06. The molecule has 0 spiro atoms. The van der Waals surface area contributed by atoms with Gasteiger partial charge in [0, 0.05) is 23.1 Å². The van der Waals surface area contributed by atoms with Crippen molar-refractivity contribution in [2.24, 2.45) is 5.92 Å². The number of para-hydroxylation sites is 1. The second-order valence-corrected chi connectivity index (χ2v) is 7.84. The van der Waals surface area contributed by atoms with Gasteiger partial charge in [0.15, 0.2) is 0 Å². The molecule has 2 aliphatic rings. The molecular weight excluding hydrogens is 340 g/mol. The molecule has 27 heavy (non-hydrogen) atoms. The van der Waals surface area contributed by atoms with Crippen LogP contribution in [-0.4, -0.2) is 42.2 Å². The van der Waals surface area contributed by atoms with Crippen LogP contribution in [-0.2, 0) is 20.7 Å². The SMILES string of the molecule is COC(=O)/C(=C/OC(C)C)C1CCN2CCc3c([nH]c4ccccc34)C2C1. The lowest BCUT2D eigenvalue weighted by Crippen LogP contribution is -2.42. The van der Waals surface area contributed by atoms with E-state index in [0.717, 1.165) is 32.4 Å². The summed E-state index contributed by atoms with van der Waals surface area (Å²) < 4.78 is 10.7. The van der Waals surface area contributed by atoms with Crippen molar-refractivity contribution >= 4 is 16.9 Å². The Bertz CT molecular complexity index is 868. The van der Waals surface area contributed by atoms with Crippen LogP contribution in [0.1, 0.15) is 44.0 Å². The fraction of sp³-hybridized carbons (Fsp3) is 0.500. The molecule has 1 N–H and O–H groups in total. The highest BCUT2D eigenvalue weighted by Gasteiger charge is 2.38. The van der Waals surface area contributed by atoms with Crippen LogP contribution >= 0.6 is 0 Å². The standard InChI is InChI=1S/C22H28N2O3/c1-14(2)27-13-18(22(25)26-3)15-8-10-24-11-9-17-16-6-4-5-7-19(16)23-21(17)20(24)12-15/h4-7,13-15,20,23H,8-12H2,1-3H3/b18-13+. The molecule has 2 atom stereocenters. The number of ether oxygens (including phenoxy) is 2. The van der Waals surface area contributed by atoms with Gasteiger partial charge < -0.3 is 14.5 Å². The first kappa shape index (κ1) is 18.1. The summed E-state index contributed by atoms with van der Waals surface area (Å²) in [6.07, 6.45) is 4.61. The van der Waals surface area contributed by atoms with E-state index in [1.54, 1.807) is 6.26 Å². The van der Waals surface area contributed by atoms with Crippen LogP contribution < -0.4 is 0 Å². The largest absolute Gasteiger partial charge is 0.498 e. The van der Waals surface area contributed by atoms with Crippen LogP contribution in [0, 0.1) is 5.92 Å². The highest BCUT2D eigenvalue weighted by molar-refractivity contribution is 5.89. The van der Waals surface area contributed by atoms with Gasteiger partial charge in [-0.25, -0.2) is 4.79 Å². The Kier molecular flexibility index (Phi) is 4.96.